The number of nitrogens with one attached hydrogen (secondary N) is 2. The number of aromatic nitrogens is 1. The third-order valence-electron chi connectivity index (χ3n) is 3.33. The van der Waals surface area contributed by atoms with Crippen LogP contribution in [0.2, 0.25) is 0 Å². The number of hydrogen-bond acceptors (Lipinski definition) is 4. The average Bonchev–Trinajstić information content (AvgIpc) is 3.19. The van der Waals surface area contributed by atoms with Crippen LogP contribution in [-0.2, 0) is 0 Å². The van der Waals surface area contributed by atoms with Crippen LogP contribution in [-0.4, -0.2) is 27.7 Å². The Morgan fingerprint density at radius 2 is 1.91 bits per heavy atom. The highest BCUT2D eigenvalue weighted by atomic mass is 32.1. The molecule has 23 heavy (non-hydrogen) atoms. The minimum Gasteiger partial charge on any atom is -0.477 e. The summed E-state index contributed by atoms with van der Waals surface area (Å²) in [4.78, 5) is 27.1. The van der Waals surface area contributed by atoms with Gasteiger partial charge in [-0.3, -0.25) is 4.79 Å². The van der Waals surface area contributed by atoms with Gasteiger partial charge in [-0.25, -0.2) is 10.2 Å². The number of fused-ring (bicyclic) bond motifs is 1. The summed E-state index contributed by atoms with van der Waals surface area (Å²) in [5.74, 6) is -1.30. The van der Waals surface area contributed by atoms with E-state index in [0.717, 1.165) is 22.2 Å². The van der Waals surface area contributed by atoms with Crippen molar-refractivity contribution in [3.63, 3.8) is 0 Å². The van der Waals surface area contributed by atoms with Crippen LogP contribution in [0.4, 0.5) is 0 Å². The molecule has 0 atom stereocenters. The van der Waals surface area contributed by atoms with Gasteiger partial charge in [-0.1, -0.05) is 18.2 Å². The number of carboxylic acids is 1. The highest BCUT2D eigenvalue weighted by Crippen LogP contribution is 2.18. The van der Waals surface area contributed by atoms with E-state index in [2.05, 4.69) is 15.5 Å². The molecule has 0 fully saturated rings. The minimum atomic E-state index is -0.975. The van der Waals surface area contributed by atoms with E-state index in [4.69, 9.17) is 5.11 Å². The van der Waals surface area contributed by atoms with Crippen LogP contribution in [0.1, 0.15) is 31.8 Å². The fourth-order valence-electron chi connectivity index (χ4n) is 2.16. The van der Waals surface area contributed by atoms with E-state index in [1.165, 1.54) is 6.07 Å². The molecular weight excluding hydrogens is 314 g/mol. The first-order valence-corrected chi connectivity index (χ1v) is 7.62. The first-order valence-electron chi connectivity index (χ1n) is 6.80. The SMILES string of the molecule is CC(=NNC(=O)c1c[nH]c2ccccc12)c1ccc(C(=O)O)s1. The number of nitrogens with zero attached hydrogens (tertiary/aromatic N) is 1. The Morgan fingerprint density at radius 1 is 1.17 bits per heavy atom. The normalized spacial score (nSPS) is 11.6. The lowest BCUT2D eigenvalue weighted by Crippen LogP contribution is -2.18. The number of amides is 1. The molecule has 0 unspecified atom stereocenters. The van der Waals surface area contributed by atoms with Crippen LogP contribution in [0.25, 0.3) is 10.9 Å². The van der Waals surface area contributed by atoms with Gasteiger partial charge in [0.25, 0.3) is 5.91 Å². The van der Waals surface area contributed by atoms with Crippen molar-refractivity contribution >= 4 is 39.8 Å². The van der Waals surface area contributed by atoms with Crippen molar-refractivity contribution in [2.24, 2.45) is 5.10 Å². The van der Waals surface area contributed by atoms with Gasteiger partial charge >= 0.3 is 5.97 Å². The molecule has 0 saturated heterocycles. The van der Waals surface area contributed by atoms with Crippen LogP contribution in [0.5, 0.6) is 0 Å². The highest BCUT2D eigenvalue weighted by Gasteiger charge is 2.12. The number of carbonyl (C=O) groups excluding carboxylic acids is 1. The smallest absolute Gasteiger partial charge is 0.345 e. The Labute approximate surface area is 135 Å². The molecule has 0 bridgehead atoms. The van der Waals surface area contributed by atoms with Crippen molar-refractivity contribution in [1.82, 2.24) is 10.4 Å². The van der Waals surface area contributed by atoms with E-state index in [9.17, 15) is 9.59 Å². The molecule has 1 amide bonds. The number of hydrazone groups is 1. The monoisotopic (exact) mass is 327 g/mol. The van der Waals surface area contributed by atoms with Crippen LogP contribution in [0, 0.1) is 0 Å². The summed E-state index contributed by atoms with van der Waals surface area (Å²) in [5.41, 5.74) is 4.44. The van der Waals surface area contributed by atoms with E-state index in [0.29, 0.717) is 16.2 Å². The van der Waals surface area contributed by atoms with Crippen LogP contribution >= 0.6 is 11.3 Å². The first-order chi connectivity index (χ1) is 11.1. The van der Waals surface area contributed by atoms with Gasteiger partial charge in [-0.2, -0.15) is 5.10 Å². The van der Waals surface area contributed by atoms with Crippen LogP contribution in [0.15, 0.2) is 47.7 Å². The molecule has 116 valence electrons. The Bertz CT molecular complexity index is 923. The number of thiophene rings is 1. The van der Waals surface area contributed by atoms with E-state index < -0.39 is 5.97 Å². The zero-order valence-electron chi connectivity index (χ0n) is 12.2. The number of aromatic amines is 1. The maximum atomic E-state index is 12.2. The zero-order chi connectivity index (χ0) is 16.4. The van der Waals surface area contributed by atoms with Gasteiger partial charge in [-0.05, 0) is 25.1 Å². The van der Waals surface area contributed by atoms with Crippen molar-refractivity contribution < 1.29 is 14.7 Å². The maximum absolute atomic E-state index is 12.2. The number of carbonyl (C=O) groups is 2. The summed E-state index contributed by atoms with van der Waals surface area (Å²) in [6.07, 6.45) is 1.64. The fourth-order valence-corrected chi connectivity index (χ4v) is 2.95. The number of para-hydroxylation sites is 1. The number of rotatable bonds is 4. The number of hydrogen-bond donors (Lipinski definition) is 3. The minimum absolute atomic E-state index is 0.234. The number of aromatic carboxylic acids is 1. The van der Waals surface area contributed by atoms with E-state index in [1.807, 2.05) is 24.3 Å². The maximum Gasteiger partial charge on any atom is 0.345 e. The summed E-state index contributed by atoms with van der Waals surface area (Å²) in [7, 11) is 0. The Morgan fingerprint density at radius 3 is 2.65 bits per heavy atom. The second-order valence-electron chi connectivity index (χ2n) is 4.86. The second kappa shape index (κ2) is 6.05. The summed E-state index contributed by atoms with van der Waals surface area (Å²) < 4.78 is 0. The number of H-pyrrole nitrogens is 1. The lowest BCUT2D eigenvalue weighted by Gasteiger charge is -2.00. The van der Waals surface area contributed by atoms with Gasteiger partial charge in [0.1, 0.15) is 4.88 Å². The summed E-state index contributed by atoms with van der Waals surface area (Å²) in [5, 5.41) is 13.8. The zero-order valence-corrected chi connectivity index (χ0v) is 13.0. The molecule has 1 aromatic carbocycles. The molecule has 3 aromatic rings. The standard InChI is InChI=1S/C16H13N3O3S/c1-9(13-6-7-14(23-13)16(21)22)18-19-15(20)11-8-17-12-5-3-2-4-10(11)12/h2-8,17H,1H3,(H,19,20)(H,21,22). The third kappa shape index (κ3) is 3.00. The number of benzene rings is 1. The molecule has 0 radical (unpaired) electrons. The lowest BCUT2D eigenvalue weighted by atomic mass is 10.2. The molecule has 3 rings (SSSR count). The molecule has 0 aliphatic carbocycles. The molecular formula is C16H13N3O3S. The highest BCUT2D eigenvalue weighted by molar-refractivity contribution is 7.15. The van der Waals surface area contributed by atoms with Crippen molar-refractivity contribution in [3.8, 4) is 0 Å². The Balaban J connectivity index is 1.78. The van der Waals surface area contributed by atoms with Gasteiger partial charge in [0.15, 0.2) is 0 Å². The van der Waals surface area contributed by atoms with Gasteiger partial charge in [0.05, 0.1) is 16.2 Å². The molecule has 2 aromatic heterocycles. The van der Waals surface area contributed by atoms with Gasteiger partial charge in [0.2, 0.25) is 0 Å². The molecule has 3 N–H and O–H groups in total. The molecule has 7 heteroatoms. The molecule has 0 aliphatic rings. The topological polar surface area (TPSA) is 94.5 Å². The van der Waals surface area contributed by atoms with Crippen molar-refractivity contribution in [2.45, 2.75) is 6.92 Å². The van der Waals surface area contributed by atoms with Gasteiger partial charge < -0.3 is 10.1 Å². The molecule has 0 spiro atoms. The second-order valence-corrected chi connectivity index (χ2v) is 5.94. The van der Waals surface area contributed by atoms with Crippen molar-refractivity contribution in [2.75, 3.05) is 0 Å². The molecule has 2 heterocycles. The predicted octanol–water partition coefficient (Wildman–Crippen LogP) is 3.08. The molecule has 0 saturated carbocycles. The first kappa shape index (κ1) is 15.0. The Kier molecular flexibility index (Phi) is 3.94. The van der Waals surface area contributed by atoms with Crippen molar-refractivity contribution in [3.05, 3.63) is 57.9 Å². The quantitative estimate of drug-likeness (QED) is 0.507. The summed E-state index contributed by atoms with van der Waals surface area (Å²) >= 11 is 1.11. The largest absolute Gasteiger partial charge is 0.477 e. The third-order valence-corrected chi connectivity index (χ3v) is 4.51. The van der Waals surface area contributed by atoms with Crippen LogP contribution in [0.3, 0.4) is 0 Å². The fraction of sp³-hybridized carbons (Fsp3) is 0.0625. The Hall–Kier alpha value is -2.93. The van der Waals surface area contributed by atoms with Crippen LogP contribution < -0.4 is 5.43 Å². The lowest BCUT2D eigenvalue weighted by molar-refractivity contribution is 0.0702. The summed E-state index contributed by atoms with van der Waals surface area (Å²) in [6, 6.07) is 10.7. The van der Waals surface area contributed by atoms with E-state index in [1.54, 1.807) is 19.2 Å². The van der Waals surface area contributed by atoms with Gasteiger partial charge in [0, 0.05) is 17.1 Å². The van der Waals surface area contributed by atoms with Gasteiger partial charge in [-0.15, -0.1) is 11.3 Å². The summed E-state index contributed by atoms with van der Waals surface area (Å²) in [6.45, 7) is 1.72. The average molecular weight is 327 g/mol. The molecule has 6 nitrogen and oxygen atoms in total. The molecule has 0 aliphatic heterocycles. The predicted molar refractivity (Wildman–Crippen MR) is 89.3 cm³/mol. The van der Waals surface area contributed by atoms with E-state index in [-0.39, 0.29) is 10.8 Å². The number of carboxylic acid groups (broad SMARTS) is 1. The van der Waals surface area contributed by atoms with Crippen molar-refractivity contribution in [1.29, 1.82) is 0 Å². The van der Waals surface area contributed by atoms with E-state index >= 15 is 0 Å².